The molecular weight excluding hydrogens is 266 g/mol. The van der Waals surface area contributed by atoms with Gasteiger partial charge in [0.05, 0.1) is 25.7 Å². The molecule has 104 valence electrons. The van der Waals surface area contributed by atoms with Crippen molar-refractivity contribution in [2.75, 3.05) is 19.8 Å². The molecule has 2 rings (SSSR count). The molecule has 1 amide bonds. The summed E-state index contributed by atoms with van der Waals surface area (Å²) in [6.07, 6.45) is 2.17. The third-order valence-corrected chi connectivity index (χ3v) is 3.52. The molecule has 1 aliphatic rings. The van der Waals surface area contributed by atoms with Gasteiger partial charge in [-0.05, 0) is 31.0 Å². The Kier molecular flexibility index (Phi) is 5.05. The highest BCUT2D eigenvalue weighted by Crippen LogP contribution is 2.19. The Balaban J connectivity index is 1.78. The average Bonchev–Trinajstić information content (AvgIpc) is 2.87. The fourth-order valence-corrected chi connectivity index (χ4v) is 2.49. The van der Waals surface area contributed by atoms with Crippen LogP contribution in [0.5, 0.6) is 5.75 Å². The Morgan fingerprint density at radius 3 is 3.11 bits per heavy atom. The van der Waals surface area contributed by atoms with E-state index < -0.39 is 0 Å². The first-order valence-corrected chi connectivity index (χ1v) is 6.87. The monoisotopic (exact) mass is 283 g/mol. The molecule has 0 aliphatic carbocycles. The number of hydrogen-bond acceptors (Lipinski definition) is 3. The quantitative estimate of drug-likeness (QED) is 0.900. The van der Waals surface area contributed by atoms with E-state index in [4.69, 9.17) is 16.3 Å². The van der Waals surface area contributed by atoms with Crippen molar-refractivity contribution in [3.8, 4) is 5.75 Å². The smallest absolute Gasteiger partial charge is 0.226 e. The zero-order valence-corrected chi connectivity index (χ0v) is 11.5. The topological polar surface area (TPSA) is 49.8 Å². The number of amides is 1. The van der Waals surface area contributed by atoms with Crippen molar-refractivity contribution in [2.45, 2.75) is 25.3 Å². The van der Waals surface area contributed by atoms with Crippen LogP contribution in [0.4, 0.5) is 0 Å². The SMILES string of the molecule is O=C(CCOc1cccc(Cl)c1)N1CCC[C@H]1CO. The number of aliphatic hydroxyl groups is 1. The fourth-order valence-electron chi connectivity index (χ4n) is 2.31. The number of carbonyl (C=O) groups is 1. The summed E-state index contributed by atoms with van der Waals surface area (Å²) in [7, 11) is 0. The van der Waals surface area contributed by atoms with E-state index in [9.17, 15) is 9.90 Å². The number of aliphatic hydroxyl groups excluding tert-OH is 1. The molecule has 1 atom stereocenters. The molecule has 1 aromatic carbocycles. The van der Waals surface area contributed by atoms with Crippen molar-refractivity contribution in [1.29, 1.82) is 0 Å². The lowest BCUT2D eigenvalue weighted by Gasteiger charge is -2.23. The van der Waals surface area contributed by atoms with Crippen LogP contribution in [0, 0.1) is 0 Å². The molecule has 0 saturated carbocycles. The fraction of sp³-hybridized carbons (Fsp3) is 0.500. The number of nitrogens with zero attached hydrogens (tertiary/aromatic N) is 1. The van der Waals surface area contributed by atoms with Crippen LogP contribution in [0.15, 0.2) is 24.3 Å². The van der Waals surface area contributed by atoms with Crippen molar-refractivity contribution < 1.29 is 14.6 Å². The highest BCUT2D eigenvalue weighted by Gasteiger charge is 2.27. The molecule has 1 fully saturated rings. The Labute approximate surface area is 117 Å². The summed E-state index contributed by atoms with van der Waals surface area (Å²) in [6.45, 7) is 1.11. The lowest BCUT2D eigenvalue weighted by atomic mass is 10.2. The third kappa shape index (κ3) is 3.85. The van der Waals surface area contributed by atoms with Gasteiger partial charge in [-0.15, -0.1) is 0 Å². The second-order valence-corrected chi connectivity index (χ2v) is 5.06. The number of ether oxygens (including phenoxy) is 1. The molecule has 0 unspecified atom stereocenters. The van der Waals surface area contributed by atoms with Crippen LogP contribution in [0.1, 0.15) is 19.3 Å². The largest absolute Gasteiger partial charge is 0.493 e. The molecule has 1 heterocycles. The Hall–Kier alpha value is -1.26. The van der Waals surface area contributed by atoms with Gasteiger partial charge in [-0.1, -0.05) is 17.7 Å². The predicted molar refractivity (Wildman–Crippen MR) is 73.4 cm³/mol. The number of benzene rings is 1. The number of likely N-dealkylation sites (tertiary alicyclic amines) is 1. The van der Waals surface area contributed by atoms with E-state index in [0.717, 1.165) is 19.4 Å². The van der Waals surface area contributed by atoms with Crippen LogP contribution in [-0.4, -0.2) is 41.7 Å². The van der Waals surface area contributed by atoms with E-state index in [1.165, 1.54) is 0 Å². The van der Waals surface area contributed by atoms with E-state index in [-0.39, 0.29) is 18.6 Å². The van der Waals surface area contributed by atoms with E-state index >= 15 is 0 Å². The molecule has 1 saturated heterocycles. The van der Waals surface area contributed by atoms with E-state index in [0.29, 0.717) is 23.8 Å². The lowest BCUT2D eigenvalue weighted by molar-refractivity contribution is -0.133. The van der Waals surface area contributed by atoms with Crippen LogP contribution in [-0.2, 0) is 4.79 Å². The summed E-state index contributed by atoms with van der Waals surface area (Å²) in [5, 5.41) is 9.79. The van der Waals surface area contributed by atoms with Crippen LogP contribution in [0.2, 0.25) is 5.02 Å². The number of rotatable bonds is 5. The second kappa shape index (κ2) is 6.78. The zero-order valence-electron chi connectivity index (χ0n) is 10.7. The zero-order chi connectivity index (χ0) is 13.7. The number of hydrogen-bond donors (Lipinski definition) is 1. The third-order valence-electron chi connectivity index (χ3n) is 3.29. The van der Waals surface area contributed by atoms with Gasteiger partial charge in [0.15, 0.2) is 0 Å². The average molecular weight is 284 g/mol. The maximum absolute atomic E-state index is 12.0. The second-order valence-electron chi connectivity index (χ2n) is 4.62. The van der Waals surface area contributed by atoms with Crippen LogP contribution >= 0.6 is 11.6 Å². The molecular formula is C14H18ClNO3. The van der Waals surface area contributed by atoms with Crippen molar-refractivity contribution in [3.63, 3.8) is 0 Å². The highest BCUT2D eigenvalue weighted by molar-refractivity contribution is 6.30. The molecule has 4 nitrogen and oxygen atoms in total. The summed E-state index contributed by atoms with van der Waals surface area (Å²) in [6, 6.07) is 7.09. The summed E-state index contributed by atoms with van der Waals surface area (Å²) in [4.78, 5) is 13.7. The first kappa shape index (κ1) is 14.2. The standard InChI is InChI=1S/C14H18ClNO3/c15-11-3-1-5-13(9-11)19-8-6-14(18)16-7-2-4-12(16)10-17/h1,3,5,9,12,17H,2,4,6-8,10H2/t12-/m0/s1. The van der Waals surface area contributed by atoms with Crippen molar-refractivity contribution in [1.82, 2.24) is 4.90 Å². The number of halogens is 1. The number of carbonyl (C=O) groups excluding carboxylic acids is 1. The van der Waals surface area contributed by atoms with Crippen molar-refractivity contribution in [2.24, 2.45) is 0 Å². The maximum atomic E-state index is 12.0. The van der Waals surface area contributed by atoms with Gasteiger partial charge in [0.2, 0.25) is 5.91 Å². The maximum Gasteiger partial charge on any atom is 0.226 e. The molecule has 19 heavy (non-hydrogen) atoms. The van der Waals surface area contributed by atoms with E-state index in [1.54, 1.807) is 17.0 Å². The van der Waals surface area contributed by atoms with E-state index in [1.807, 2.05) is 12.1 Å². The summed E-state index contributed by atoms with van der Waals surface area (Å²) >= 11 is 5.84. The molecule has 1 aromatic rings. The first-order valence-electron chi connectivity index (χ1n) is 6.49. The minimum Gasteiger partial charge on any atom is -0.493 e. The van der Waals surface area contributed by atoms with Crippen molar-refractivity contribution in [3.05, 3.63) is 29.3 Å². The van der Waals surface area contributed by atoms with Crippen LogP contribution < -0.4 is 4.74 Å². The Bertz CT molecular complexity index is 438. The van der Waals surface area contributed by atoms with Gasteiger partial charge in [0, 0.05) is 11.6 Å². The van der Waals surface area contributed by atoms with Gasteiger partial charge < -0.3 is 14.7 Å². The van der Waals surface area contributed by atoms with Crippen LogP contribution in [0.3, 0.4) is 0 Å². The van der Waals surface area contributed by atoms with Gasteiger partial charge in [-0.3, -0.25) is 4.79 Å². The molecule has 0 aromatic heterocycles. The molecule has 0 spiro atoms. The Morgan fingerprint density at radius 2 is 2.37 bits per heavy atom. The van der Waals surface area contributed by atoms with Crippen LogP contribution in [0.25, 0.3) is 0 Å². The normalized spacial score (nSPS) is 18.6. The Morgan fingerprint density at radius 1 is 1.53 bits per heavy atom. The van der Waals surface area contributed by atoms with Crippen molar-refractivity contribution >= 4 is 17.5 Å². The lowest BCUT2D eigenvalue weighted by Crippen LogP contribution is -2.38. The molecule has 5 heteroatoms. The van der Waals surface area contributed by atoms with Gasteiger partial charge >= 0.3 is 0 Å². The summed E-state index contributed by atoms with van der Waals surface area (Å²) < 4.78 is 5.49. The van der Waals surface area contributed by atoms with Gasteiger partial charge in [0.1, 0.15) is 5.75 Å². The minimum absolute atomic E-state index is 0.0151. The molecule has 0 radical (unpaired) electrons. The van der Waals surface area contributed by atoms with Gasteiger partial charge in [-0.2, -0.15) is 0 Å². The van der Waals surface area contributed by atoms with Gasteiger partial charge in [-0.25, -0.2) is 0 Å². The summed E-state index contributed by atoms with van der Waals surface area (Å²) in [5.74, 6) is 0.707. The molecule has 1 aliphatic heterocycles. The molecule has 1 N–H and O–H groups in total. The molecule has 0 bridgehead atoms. The first-order chi connectivity index (χ1) is 9.20. The van der Waals surface area contributed by atoms with E-state index in [2.05, 4.69) is 0 Å². The minimum atomic E-state index is -0.0151. The van der Waals surface area contributed by atoms with Gasteiger partial charge in [0.25, 0.3) is 0 Å². The predicted octanol–water partition coefficient (Wildman–Crippen LogP) is 2.09. The summed E-state index contributed by atoms with van der Waals surface area (Å²) in [5.41, 5.74) is 0. The highest BCUT2D eigenvalue weighted by atomic mass is 35.5.